The Hall–Kier alpha value is -2.89. The Labute approximate surface area is 128 Å². The average Bonchev–Trinajstić information content (AvgIpc) is 2.89. The van der Waals surface area contributed by atoms with Crippen LogP contribution in [-0.4, -0.2) is 35.2 Å². The first-order chi connectivity index (χ1) is 10.5. The van der Waals surface area contributed by atoms with Gasteiger partial charge in [-0.05, 0) is 43.3 Å². The number of carbonyl (C=O) groups excluding carboxylic acids is 1. The molecule has 0 unspecified atom stereocenters. The molecule has 3 aromatic rings. The van der Waals surface area contributed by atoms with Crippen molar-refractivity contribution in [1.82, 2.24) is 15.2 Å². The van der Waals surface area contributed by atoms with Crippen LogP contribution < -0.4 is 10.2 Å². The fourth-order valence-corrected chi connectivity index (χ4v) is 2.19. The topological polar surface area (TPSA) is 73.9 Å². The van der Waals surface area contributed by atoms with Crippen molar-refractivity contribution in [3.63, 3.8) is 0 Å². The molecule has 3 rings (SSSR count). The van der Waals surface area contributed by atoms with E-state index in [1.807, 2.05) is 50.2 Å². The number of H-pyrrole nitrogens is 1. The molecule has 0 aliphatic carbocycles. The van der Waals surface area contributed by atoms with Crippen LogP contribution in [0.25, 0.3) is 11.0 Å². The zero-order chi connectivity index (χ0) is 15.7. The number of nitrogens with one attached hydrogen (secondary N) is 2. The van der Waals surface area contributed by atoms with E-state index in [9.17, 15) is 4.79 Å². The molecule has 0 aliphatic rings. The number of aromatic amines is 1. The fourth-order valence-electron chi connectivity index (χ4n) is 2.19. The van der Waals surface area contributed by atoms with Gasteiger partial charge in [0.25, 0.3) is 5.91 Å². The summed E-state index contributed by atoms with van der Waals surface area (Å²) in [4.78, 5) is 18.6. The van der Waals surface area contributed by atoms with Crippen molar-refractivity contribution in [2.75, 3.05) is 24.3 Å². The monoisotopic (exact) mass is 295 g/mol. The van der Waals surface area contributed by atoms with Gasteiger partial charge in [0.05, 0.1) is 5.39 Å². The molecule has 0 saturated heterocycles. The van der Waals surface area contributed by atoms with Crippen LogP contribution in [0.3, 0.4) is 0 Å². The van der Waals surface area contributed by atoms with Gasteiger partial charge in [-0.15, -0.1) is 0 Å². The number of carbonyl (C=O) groups is 1. The Kier molecular flexibility index (Phi) is 3.50. The molecule has 0 atom stereocenters. The molecule has 1 aromatic carbocycles. The molecule has 0 aliphatic heterocycles. The van der Waals surface area contributed by atoms with Crippen molar-refractivity contribution < 1.29 is 4.79 Å². The van der Waals surface area contributed by atoms with Crippen molar-refractivity contribution in [3.05, 3.63) is 47.7 Å². The molecule has 2 N–H and O–H groups in total. The first-order valence-corrected chi connectivity index (χ1v) is 6.95. The van der Waals surface area contributed by atoms with Crippen LogP contribution in [0.1, 0.15) is 16.1 Å². The van der Waals surface area contributed by atoms with E-state index in [4.69, 9.17) is 0 Å². The first-order valence-electron chi connectivity index (χ1n) is 6.95. The predicted molar refractivity (Wildman–Crippen MR) is 87.3 cm³/mol. The zero-order valence-corrected chi connectivity index (χ0v) is 12.7. The zero-order valence-electron chi connectivity index (χ0n) is 12.7. The Morgan fingerprint density at radius 1 is 1.14 bits per heavy atom. The first kappa shape index (κ1) is 14.1. The predicted octanol–water partition coefficient (Wildman–Crippen LogP) is 2.58. The Morgan fingerprint density at radius 3 is 2.55 bits per heavy atom. The normalized spacial score (nSPS) is 10.7. The summed E-state index contributed by atoms with van der Waals surface area (Å²) in [5.74, 6) is 0.295. The van der Waals surface area contributed by atoms with Gasteiger partial charge in [0.2, 0.25) is 0 Å². The smallest absolute Gasteiger partial charge is 0.256 e. The van der Waals surface area contributed by atoms with Crippen molar-refractivity contribution in [3.8, 4) is 0 Å². The standard InChI is InChI=1S/C16H17N5O/c1-10-4-9-13-14(17-10)19-20-15(13)18-16(22)11-5-7-12(8-6-11)21(2)3/h4-9H,1-3H3,(H2,17,18,19,20,22). The number of amides is 1. The van der Waals surface area contributed by atoms with Gasteiger partial charge < -0.3 is 10.2 Å². The lowest BCUT2D eigenvalue weighted by atomic mass is 10.2. The molecule has 0 fully saturated rings. The maximum absolute atomic E-state index is 12.3. The minimum Gasteiger partial charge on any atom is -0.378 e. The number of rotatable bonds is 3. The second-order valence-electron chi connectivity index (χ2n) is 5.32. The number of pyridine rings is 1. The summed E-state index contributed by atoms with van der Waals surface area (Å²) < 4.78 is 0. The van der Waals surface area contributed by atoms with E-state index >= 15 is 0 Å². The quantitative estimate of drug-likeness (QED) is 0.779. The number of hydrogen-bond acceptors (Lipinski definition) is 4. The maximum Gasteiger partial charge on any atom is 0.256 e. The lowest BCUT2D eigenvalue weighted by Gasteiger charge is -2.12. The SMILES string of the molecule is Cc1ccc2c(NC(=O)c3ccc(N(C)C)cc3)n[nH]c2n1. The number of aromatic nitrogens is 3. The van der Waals surface area contributed by atoms with Crippen molar-refractivity contribution in [1.29, 1.82) is 0 Å². The van der Waals surface area contributed by atoms with Crippen LogP contribution in [0.5, 0.6) is 0 Å². The number of nitrogens with zero attached hydrogens (tertiary/aromatic N) is 3. The van der Waals surface area contributed by atoms with Crippen molar-refractivity contribution in [2.45, 2.75) is 6.92 Å². The fraction of sp³-hybridized carbons (Fsp3) is 0.188. The highest BCUT2D eigenvalue weighted by Gasteiger charge is 2.12. The van der Waals surface area contributed by atoms with Gasteiger partial charge in [0.15, 0.2) is 11.5 Å². The van der Waals surface area contributed by atoms with Gasteiger partial charge in [-0.3, -0.25) is 9.89 Å². The van der Waals surface area contributed by atoms with E-state index in [1.165, 1.54) is 0 Å². The van der Waals surface area contributed by atoms with Gasteiger partial charge >= 0.3 is 0 Å². The molecule has 112 valence electrons. The molecular formula is C16H17N5O. The largest absolute Gasteiger partial charge is 0.378 e. The summed E-state index contributed by atoms with van der Waals surface area (Å²) in [6.45, 7) is 1.91. The van der Waals surface area contributed by atoms with Crippen molar-refractivity contribution >= 4 is 28.4 Å². The van der Waals surface area contributed by atoms with E-state index in [0.717, 1.165) is 16.8 Å². The highest BCUT2D eigenvalue weighted by Crippen LogP contribution is 2.20. The third-order valence-electron chi connectivity index (χ3n) is 3.44. The Balaban J connectivity index is 1.83. The van der Waals surface area contributed by atoms with E-state index in [2.05, 4.69) is 20.5 Å². The number of anilines is 2. The summed E-state index contributed by atoms with van der Waals surface area (Å²) >= 11 is 0. The molecular weight excluding hydrogens is 278 g/mol. The summed E-state index contributed by atoms with van der Waals surface area (Å²) in [5, 5.41) is 10.6. The van der Waals surface area contributed by atoms with Crippen LogP contribution in [0.4, 0.5) is 11.5 Å². The third-order valence-corrected chi connectivity index (χ3v) is 3.44. The van der Waals surface area contributed by atoms with E-state index < -0.39 is 0 Å². The summed E-state index contributed by atoms with van der Waals surface area (Å²) in [6, 6.07) is 11.2. The second-order valence-corrected chi connectivity index (χ2v) is 5.32. The maximum atomic E-state index is 12.3. The highest BCUT2D eigenvalue weighted by atomic mass is 16.1. The minimum atomic E-state index is -0.195. The van der Waals surface area contributed by atoms with Crippen molar-refractivity contribution in [2.24, 2.45) is 0 Å². The lowest BCUT2D eigenvalue weighted by molar-refractivity contribution is 0.102. The van der Waals surface area contributed by atoms with Crippen LogP contribution in [0.15, 0.2) is 36.4 Å². The average molecular weight is 295 g/mol. The molecule has 6 heteroatoms. The van der Waals surface area contributed by atoms with Crippen LogP contribution in [0.2, 0.25) is 0 Å². The molecule has 2 aromatic heterocycles. The molecule has 0 saturated carbocycles. The summed E-state index contributed by atoms with van der Waals surface area (Å²) in [6.07, 6.45) is 0. The van der Waals surface area contributed by atoms with Crippen LogP contribution >= 0.6 is 0 Å². The third kappa shape index (κ3) is 2.63. The number of benzene rings is 1. The molecule has 1 amide bonds. The van der Waals surface area contributed by atoms with Gasteiger partial charge in [0.1, 0.15) is 0 Å². The second kappa shape index (κ2) is 5.48. The lowest BCUT2D eigenvalue weighted by Crippen LogP contribution is -2.13. The van der Waals surface area contributed by atoms with E-state index in [0.29, 0.717) is 17.0 Å². The van der Waals surface area contributed by atoms with Crippen LogP contribution in [-0.2, 0) is 0 Å². The molecule has 22 heavy (non-hydrogen) atoms. The summed E-state index contributed by atoms with van der Waals surface area (Å²) in [7, 11) is 3.92. The number of aryl methyl sites for hydroxylation is 1. The minimum absolute atomic E-state index is 0.195. The molecule has 2 heterocycles. The molecule has 0 radical (unpaired) electrons. The van der Waals surface area contributed by atoms with Crippen LogP contribution in [0, 0.1) is 6.92 Å². The van der Waals surface area contributed by atoms with Gasteiger partial charge in [-0.1, -0.05) is 0 Å². The number of hydrogen-bond donors (Lipinski definition) is 2. The van der Waals surface area contributed by atoms with E-state index in [-0.39, 0.29) is 5.91 Å². The Morgan fingerprint density at radius 2 is 1.86 bits per heavy atom. The summed E-state index contributed by atoms with van der Waals surface area (Å²) in [5.41, 5.74) is 3.19. The number of fused-ring (bicyclic) bond motifs is 1. The van der Waals surface area contributed by atoms with Gasteiger partial charge in [-0.25, -0.2) is 4.98 Å². The molecule has 0 bridgehead atoms. The van der Waals surface area contributed by atoms with Gasteiger partial charge in [-0.2, -0.15) is 5.10 Å². The van der Waals surface area contributed by atoms with E-state index in [1.54, 1.807) is 12.1 Å². The van der Waals surface area contributed by atoms with Gasteiger partial charge in [0, 0.05) is 31.0 Å². The Bertz CT molecular complexity index is 820. The molecule has 6 nitrogen and oxygen atoms in total. The highest BCUT2D eigenvalue weighted by molar-refractivity contribution is 6.07. The molecule has 0 spiro atoms.